The van der Waals surface area contributed by atoms with Crippen LogP contribution in [0.1, 0.15) is 11.7 Å². The van der Waals surface area contributed by atoms with Crippen LogP contribution >= 0.6 is 11.6 Å². The maximum absolute atomic E-state index is 12.6. The first-order valence-electron chi connectivity index (χ1n) is 7.11. The van der Waals surface area contributed by atoms with Gasteiger partial charge in [-0.2, -0.15) is 8.78 Å². The molecule has 0 saturated carbocycles. The van der Waals surface area contributed by atoms with Crippen LogP contribution in [0.5, 0.6) is 0 Å². The normalized spacial score (nSPS) is 12.8. The third-order valence-corrected chi connectivity index (χ3v) is 5.20. The molecule has 0 saturated heterocycles. The van der Waals surface area contributed by atoms with E-state index in [1.165, 1.54) is 0 Å². The SMILES string of the molecule is O=[N+]([O-])c1cc(S(=O)(=O)C(F)F)ccc1NCC(O)c1ccccc1Cl. The standard InChI is InChI=1S/C15H13ClF2N2O5S/c16-11-4-2-1-3-10(11)14(21)8-19-12-6-5-9(7-13(12)20(22)23)26(24,25)15(17)18/h1-7,14-15,19,21H,8H2. The van der Waals surface area contributed by atoms with Crippen molar-refractivity contribution < 1.29 is 27.2 Å². The van der Waals surface area contributed by atoms with E-state index >= 15 is 0 Å². The number of hydrogen-bond donors (Lipinski definition) is 2. The maximum Gasteiger partial charge on any atom is 0.341 e. The number of benzene rings is 2. The third kappa shape index (κ3) is 4.26. The van der Waals surface area contributed by atoms with E-state index in [0.29, 0.717) is 16.7 Å². The quantitative estimate of drug-likeness (QED) is 0.538. The van der Waals surface area contributed by atoms with Crippen molar-refractivity contribution in [2.75, 3.05) is 11.9 Å². The van der Waals surface area contributed by atoms with E-state index < -0.39 is 37.2 Å². The zero-order valence-corrected chi connectivity index (χ0v) is 14.5. The van der Waals surface area contributed by atoms with Crippen molar-refractivity contribution in [1.29, 1.82) is 0 Å². The number of aliphatic hydroxyl groups is 1. The summed E-state index contributed by atoms with van der Waals surface area (Å²) in [4.78, 5) is 9.37. The lowest BCUT2D eigenvalue weighted by atomic mass is 10.1. The molecule has 2 N–H and O–H groups in total. The summed E-state index contributed by atoms with van der Waals surface area (Å²) in [6.45, 7) is -0.175. The smallest absolute Gasteiger partial charge is 0.341 e. The molecule has 1 unspecified atom stereocenters. The lowest BCUT2D eigenvalue weighted by Crippen LogP contribution is -2.15. The number of alkyl halides is 2. The Labute approximate surface area is 152 Å². The molecule has 1 atom stereocenters. The van der Waals surface area contributed by atoms with Crippen LogP contribution in [0.3, 0.4) is 0 Å². The van der Waals surface area contributed by atoms with Gasteiger partial charge in [0.25, 0.3) is 5.69 Å². The number of nitrogens with one attached hydrogen (secondary N) is 1. The van der Waals surface area contributed by atoms with Gasteiger partial charge in [-0.25, -0.2) is 8.42 Å². The Kier molecular flexibility index (Phi) is 6.11. The monoisotopic (exact) mass is 406 g/mol. The first-order valence-corrected chi connectivity index (χ1v) is 9.04. The average molecular weight is 407 g/mol. The van der Waals surface area contributed by atoms with Crippen molar-refractivity contribution in [3.63, 3.8) is 0 Å². The predicted octanol–water partition coefficient (Wildman–Crippen LogP) is 3.39. The molecule has 11 heteroatoms. The van der Waals surface area contributed by atoms with Crippen LogP contribution in [0, 0.1) is 10.1 Å². The molecule has 0 radical (unpaired) electrons. The minimum atomic E-state index is -4.96. The molecule has 2 aromatic carbocycles. The second-order valence-electron chi connectivity index (χ2n) is 5.16. The van der Waals surface area contributed by atoms with Gasteiger partial charge < -0.3 is 10.4 Å². The van der Waals surface area contributed by atoms with Crippen LogP contribution in [0.25, 0.3) is 0 Å². The largest absolute Gasteiger partial charge is 0.387 e. The van der Waals surface area contributed by atoms with Gasteiger partial charge in [-0.15, -0.1) is 0 Å². The molecule has 0 bridgehead atoms. The minimum absolute atomic E-state index is 0.130. The number of sulfone groups is 1. The fourth-order valence-electron chi connectivity index (χ4n) is 2.15. The van der Waals surface area contributed by atoms with E-state index in [9.17, 15) is 32.4 Å². The van der Waals surface area contributed by atoms with E-state index in [2.05, 4.69) is 5.32 Å². The van der Waals surface area contributed by atoms with Gasteiger partial charge in [-0.1, -0.05) is 29.8 Å². The van der Waals surface area contributed by atoms with E-state index in [-0.39, 0.29) is 12.2 Å². The highest BCUT2D eigenvalue weighted by atomic mass is 35.5. The lowest BCUT2D eigenvalue weighted by Gasteiger charge is -2.15. The topological polar surface area (TPSA) is 110 Å². The molecule has 0 aliphatic heterocycles. The Hall–Kier alpha value is -2.30. The zero-order valence-electron chi connectivity index (χ0n) is 13.0. The Morgan fingerprint density at radius 3 is 2.46 bits per heavy atom. The van der Waals surface area contributed by atoms with E-state index in [1.807, 2.05) is 0 Å². The summed E-state index contributed by atoms with van der Waals surface area (Å²) in [5.74, 6) is -3.69. The number of nitro benzene ring substituents is 1. The molecule has 0 heterocycles. The molecule has 26 heavy (non-hydrogen) atoms. The Morgan fingerprint density at radius 2 is 1.88 bits per heavy atom. The van der Waals surface area contributed by atoms with Crippen molar-refractivity contribution in [2.45, 2.75) is 16.8 Å². The number of anilines is 1. The summed E-state index contributed by atoms with van der Waals surface area (Å²) >= 11 is 5.95. The molecule has 0 aromatic heterocycles. The van der Waals surface area contributed by atoms with Crippen molar-refractivity contribution in [3.05, 3.63) is 63.2 Å². The van der Waals surface area contributed by atoms with Crippen molar-refractivity contribution in [3.8, 4) is 0 Å². The molecule has 7 nitrogen and oxygen atoms in total. The maximum atomic E-state index is 12.6. The predicted molar refractivity (Wildman–Crippen MR) is 91.2 cm³/mol. The molecule has 2 aromatic rings. The van der Waals surface area contributed by atoms with Crippen LogP contribution in [-0.2, 0) is 9.84 Å². The highest BCUT2D eigenvalue weighted by molar-refractivity contribution is 7.91. The number of hydrogen-bond acceptors (Lipinski definition) is 6. The van der Waals surface area contributed by atoms with Crippen molar-refractivity contribution in [2.24, 2.45) is 0 Å². The van der Waals surface area contributed by atoms with Crippen molar-refractivity contribution >= 4 is 32.8 Å². The van der Waals surface area contributed by atoms with E-state index in [4.69, 9.17) is 11.6 Å². The molecule has 0 spiro atoms. The van der Waals surface area contributed by atoms with E-state index in [0.717, 1.165) is 12.1 Å². The minimum Gasteiger partial charge on any atom is -0.387 e. The Morgan fingerprint density at radius 1 is 1.23 bits per heavy atom. The van der Waals surface area contributed by atoms with Gasteiger partial charge in [0.15, 0.2) is 0 Å². The third-order valence-electron chi connectivity index (χ3n) is 3.48. The summed E-state index contributed by atoms with van der Waals surface area (Å²) in [6.07, 6.45) is -1.10. The fourth-order valence-corrected chi connectivity index (χ4v) is 3.15. The second-order valence-corrected chi connectivity index (χ2v) is 7.48. The van der Waals surface area contributed by atoms with Crippen LogP contribution in [0.4, 0.5) is 20.2 Å². The molecule has 0 amide bonds. The van der Waals surface area contributed by atoms with Crippen LogP contribution in [0.15, 0.2) is 47.4 Å². The Balaban J connectivity index is 2.27. The number of nitrogens with zero attached hydrogens (tertiary/aromatic N) is 1. The van der Waals surface area contributed by atoms with Crippen LogP contribution in [0.2, 0.25) is 5.02 Å². The summed E-state index contributed by atoms with van der Waals surface area (Å²) < 4.78 is 48.1. The second kappa shape index (κ2) is 7.94. The van der Waals surface area contributed by atoms with E-state index in [1.54, 1.807) is 24.3 Å². The van der Waals surface area contributed by atoms with Gasteiger partial charge in [-0.3, -0.25) is 10.1 Å². The van der Waals surface area contributed by atoms with Gasteiger partial charge >= 0.3 is 5.76 Å². The number of halogens is 3. The summed E-state index contributed by atoms with van der Waals surface area (Å²) in [5, 5.41) is 24.2. The van der Waals surface area contributed by atoms with Crippen LogP contribution < -0.4 is 5.32 Å². The molecule has 140 valence electrons. The summed E-state index contributed by atoms with van der Waals surface area (Å²) in [6, 6.07) is 8.82. The number of nitro groups is 1. The van der Waals surface area contributed by atoms with Gasteiger partial charge in [-0.05, 0) is 18.2 Å². The first kappa shape index (κ1) is 20.0. The average Bonchev–Trinajstić information content (AvgIpc) is 2.59. The number of rotatable bonds is 7. The molecular weight excluding hydrogens is 394 g/mol. The summed E-state index contributed by atoms with van der Waals surface area (Å²) in [7, 11) is -4.96. The zero-order chi connectivity index (χ0) is 19.5. The fraction of sp³-hybridized carbons (Fsp3) is 0.200. The van der Waals surface area contributed by atoms with Gasteiger partial charge in [0.1, 0.15) is 5.69 Å². The van der Waals surface area contributed by atoms with Gasteiger partial charge in [0.2, 0.25) is 9.84 Å². The summed E-state index contributed by atoms with van der Waals surface area (Å²) in [5.41, 5.74) is -0.450. The molecule has 0 aliphatic carbocycles. The lowest BCUT2D eigenvalue weighted by molar-refractivity contribution is -0.384. The van der Waals surface area contributed by atoms with Gasteiger partial charge in [0, 0.05) is 23.2 Å². The van der Waals surface area contributed by atoms with Gasteiger partial charge in [0.05, 0.1) is 15.9 Å². The molecule has 0 fully saturated rings. The Bertz CT molecular complexity index is 924. The highest BCUT2D eigenvalue weighted by Gasteiger charge is 2.29. The molecular formula is C15H13ClF2N2O5S. The van der Waals surface area contributed by atoms with Crippen LogP contribution in [-0.4, -0.2) is 30.7 Å². The molecule has 0 aliphatic rings. The number of aliphatic hydroxyl groups excluding tert-OH is 1. The first-order chi connectivity index (χ1) is 12.1. The molecule has 2 rings (SSSR count). The highest BCUT2D eigenvalue weighted by Crippen LogP contribution is 2.31. The van der Waals surface area contributed by atoms with Crippen molar-refractivity contribution in [1.82, 2.24) is 0 Å².